The molecule has 0 amide bonds. The van der Waals surface area contributed by atoms with Gasteiger partial charge in [-0.2, -0.15) is 0 Å². The Hall–Kier alpha value is -3.10. The zero-order chi connectivity index (χ0) is 21.8. The average molecular weight is 432 g/mol. The molecule has 4 heterocycles. The number of nitrogens with zero attached hydrogens (tertiary/aromatic N) is 4. The van der Waals surface area contributed by atoms with Crippen LogP contribution in [0.5, 0.6) is 0 Å². The van der Waals surface area contributed by atoms with Crippen LogP contribution in [0.4, 0.5) is 4.39 Å². The van der Waals surface area contributed by atoms with E-state index < -0.39 is 0 Å². The van der Waals surface area contributed by atoms with Crippen molar-refractivity contribution in [3.63, 3.8) is 0 Å². The number of imidazole rings is 2. The van der Waals surface area contributed by atoms with Crippen LogP contribution in [-0.2, 0) is 7.05 Å². The van der Waals surface area contributed by atoms with Crippen molar-refractivity contribution in [1.29, 1.82) is 0 Å². The number of benzene rings is 1. The van der Waals surface area contributed by atoms with Gasteiger partial charge >= 0.3 is 0 Å². The molecule has 4 aromatic rings. The molecule has 0 bridgehead atoms. The number of aromatic amines is 1. The molecule has 3 N–H and O–H groups in total. The van der Waals surface area contributed by atoms with Crippen LogP contribution in [0.2, 0.25) is 0 Å². The molecule has 1 aromatic carbocycles. The van der Waals surface area contributed by atoms with Crippen molar-refractivity contribution >= 4 is 11.2 Å². The second-order valence-corrected chi connectivity index (χ2v) is 9.03. The first kappa shape index (κ1) is 19.6. The van der Waals surface area contributed by atoms with Gasteiger partial charge in [-0.15, -0.1) is 0 Å². The van der Waals surface area contributed by atoms with E-state index in [-0.39, 0.29) is 11.9 Å². The van der Waals surface area contributed by atoms with Gasteiger partial charge in [-0.05, 0) is 49.9 Å². The fourth-order valence-electron chi connectivity index (χ4n) is 5.47. The summed E-state index contributed by atoms with van der Waals surface area (Å²) in [6, 6.07) is 9.01. The number of hydrazine groups is 1. The monoisotopic (exact) mass is 431 g/mol. The topological polar surface area (TPSA) is 83.5 Å². The van der Waals surface area contributed by atoms with Gasteiger partial charge in [-0.1, -0.05) is 12.1 Å². The molecule has 2 fully saturated rings. The van der Waals surface area contributed by atoms with Gasteiger partial charge in [0.2, 0.25) is 0 Å². The number of H-pyrrole nitrogens is 1. The maximum atomic E-state index is 13.8. The van der Waals surface area contributed by atoms with Gasteiger partial charge in [0, 0.05) is 48.6 Å². The van der Waals surface area contributed by atoms with Crippen molar-refractivity contribution in [3.8, 4) is 11.1 Å². The number of hydrogen-bond donors (Lipinski definition) is 3. The lowest BCUT2D eigenvalue weighted by molar-refractivity contribution is 0.269. The summed E-state index contributed by atoms with van der Waals surface area (Å²) in [5.41, 5.74) is 11.5. The van der Waals surface area contributed by atoms with Crippen molar-refractivity contribution in [3.05, 3.63) is 65.9 Å². The highest BCUT2D eigenvalue weighted by molar-refractivity contribution is 5.89. The molecule has 1 aliphatic heterocycles. The Bertz CT molecular complexity index is 1290. The summed E-state index contributed by atoms with van der Waals surface area (Å²) in [6.07, 6.45) is 7.08. The van der Waals surface area contributed by atoms with E-state index in [2.05, 4.69) is 37.4 Å². The summed E-state index contributed by atoms with van der Waals surface area (Å²) in [7, 11) is 2.10. The number of hydrogen-bond acceptors (Lipinski definition) is 5. The molecule has 0 spiro atoms. The molecule has 6 rings (SSSR count). The van der Waals surface area contributed by atoms with Gasteiger partial charge in [0.05, 0.1) is 11.6 Å². The van der Waals surface area contributed by atoms with Gasteiger partial charge < -0.3 is 9.55 Å². The van der Waals surface area contributed by atoms with Gasteiger partial charge in [0.25, 0.3) is 0 Å². The van der Waals surface area contributed by atoms with E-state index >= 15 is 0 Å². The number of aromatic nitrogens is 5. The summed E-state index contributed by atoms with van der Waals surface area (Å²) in [5.74, 6) is 2.56. The third kappa shape index (κ3) is 3.13. The normalized spacial score (nSPS) is 25.3. The zero-order valence-corrected chi connectivity index (χ0v) is 18.1. The summed E-state index contributed by atoms with van der Waals surface area (Å²) < 4.78 is 16.0. The lowest BCUT2D eigenvalue weighted by Gasteiger charge is -2.32. The fraction of sp³-hybridized carbons (Fsp3) is 0.375. The minimum Gasteiger partial charge on any atom is -0.339 e. The average Bonchev–Trinajstić information content (AvgIpc) is 3.50. The number of nitrogens with one attached hydrogen (secondary N) is 3. The maximum absolute atomic E-state index is 13.8. The van der Waals surface area contributed by atoms with Gasteiger partial charge in [0.1, 0.15) is 17.5 Å². The number of halogens is 1. The number of rotatable bonds is 3. The van der Waals surface area contributed by atoms with Crippen LogP contribution in [0.1, 0.15) is 48.6 Å². The number of pyridine rings is 1. The number of aryl methyl sites for hydroxylation is 1. The predicted octanol–water partition coefficient (Wildman–Crippen LogP) is 3.91. The molecule has 0 radical (unpaired) electrons. The molecule has 4 atom stereocenters. The fourth-order valence-corrected chi connectivity index (χ4v) is 5.47. The summed E-state index contributed by atoms with van der Waals surface area (Å²) in [5, 5.41) is 0. The van der Waals surface area contributed by atoms with Crippen LogP contribution in [-0.4, -0.2) is 30.5 Å². The molecule has 7 nitrogen and oxygen atoms in total. The largest absolute Gasteiger partial charge is 0.339 e. The minimum atomic E-state index is -0.254. The highest BCUT2D eigenvalue weighted by Crippen LogP contribution is 2.44. The van der Waals surface area contributed by atoms with Gasteiger partial charge in [-0.3, -0.25) is 5.43 Å². The van der Waals surface area contributed by atoms with Gasteiger partial charge in [-0.25, -0.2) is 24.8 Å². The third-order valence-corrected chi connectivity index (χ3v) is 7.27. The Morgan fingerprint density at radius 3 is 2.84 bits per heavy atom. The molecule has 32 heavy (non-hydrogen) atoms. The SMILES string of the molecule is Cc1ncc(C2CCC3NNC(c4nc5nccc(-c6cccc(F)c6)c5[nH]4)C3C2)n1C. The van der Waals surface area contributed by atoms with Crippen molar-refractivity contribution in [2.24, 2.45) is 13.0 Å². The Morgan fingerprint density at radius 1 is 1.12 bits per heavy atom. The highest BCUT2D eigenvalue weighted by Gasteiger charge is 2.43. The molecule has 3 aromatic heterocycles. The van der Waals surface area contributed by atoms with E-state index in [1.807, 2.05) is 25.3 Å². The first-order valence-electron chi connectivity index (χ1n) is 11.2. The van der Waals surface area contributed by atoms with E-state index in [1.54, 1.807) is 18.3 Å². The standard InChI is InChI=1S/C24H26FN7/c1-13-27-12-20(32(13)2)15-6-7-19-18(11-15)22(31-30-19)24-28-21-17(8-9-26-23(21)29-24)14-4-3-5-16(25)10-14/h3-5,8-10,12,15,18-19,22,30-31H,6-7,11H2,1-2H3,(H,26,28,29). The Morgan fingerprint density at radius 2 is 2.03 bits per heavy atom. The van der Waals surface area contributed by atoms with Crippen molar-refractivity contribution in [2.45, 2.75) is 44.2 Å². The molecular weight excluding hydrogens is 405 g/mol. The van der Waals surface area contributed by atoms with Crippen molar-refractivity contribution in [2.75, 3.05) is 0 Å². The van der Waals surface area contributed by atoms with Crippen molar-refractivity contribution in [1.82, 2.24) is 35.4 Å². The van der Waals surface area contributed by atoms with E-state index in [4.69, 9.17) is 4.98 Å². The summed E-state index contributed by atoms with van der Waals surface area (Å²) >= 11 is 0. The maximum Gasteiger partial charge on any atom is 0.178 e. The van der Waals surface area contributed by atoms with E-state index in [1.165, 1.54) is 11.8 Å². The summed E-state index contributed by atoms with van der Waals surface area (Å²) in [6.45, 7) is 2.05. The van der Waals surface area contributed by atoms with Crippen LogP contribution >= 0.6 is 0 Å². The molecule has 2 aliphatic rings. The Balaban J connectivity index is 1.34. The highest BCUT2D eigenvalue weighted by atomic mass is 19.1. The van der Waals surface area contributed by atoms with Crippen LogP contribution in [0.15, 0.2) is 42.7 Å². The second kappa shape index (κ2) is 7.50. The molecule has 164 valence electrons. The molecule has 1 saturated carbocycles. The quantitative estimate of drug-likeness (QED) is 0.458. The first-order chi connectivity index (χ1) is 15.6. The Labute approximate surface area is 185 Å². The van der Waals surface area contributed by atoms with Crippen LogP contribution < -0.4 is 10.9 Å². The lowest BCUT2D eigenvalue weighted by atomic mass is 9.74. The molecule has 4 unspecified atom stereocenters. The lowest BCUT2D eigenvalue weighted by Crippen LogP contribution is -2.35. The van der Waals surface area contributed by atoms with Gasteiger partial charge in [0.15, 0.2) is 5.65 Å². The van der Waals surface area contributed by atoms with E-state index in [0.717, 1.165) is 47.6 Å². The molecular formula is C24H26FN7. The zero-order valence-electron chi connectivity index (χ0n) is 18.1. The molecule has 1 aliphatic carbocycles. The molecule has 8 heteroatoms. The smallest absolute Gasteiger partial charge is 0.178 e. The van der Waals surface area contributed by atoms with Crippen LogP contribution in [0.3, 0.4) is 0 Å². The Kier molecular flexibility index (Phi) is 4.58. The van der Waals surface area contributed by atoms with E-state index in [0.29, 0.717) is 23.5 Å². The third-order valence-electron chi connectivity index (χ3n) is 7.27. The number of fused-ring (bicyclic) bond motifs is 2. The second-order valence-electron chi connectivity index (χ2n) is 9.03. The minimum absolute atomic E-state index is 0.0617. The first-order valence-corrected chi connectivity index (χ1v) is 11.2. The molecule has 1 saturated heterocycles. The van der Waals surface area contributed by atoms with Crippen LogP contribution in [0, 0.1) is 18.7 Å². The predicted molar refractivity (Wildman–Crippen MR) is 120 cm³/mol. The van der Waals surface area contributed by atoms with Crippen molar-refractivity contribution < 1.29 is 4.39 Å². The summed E-state index contributed by atoms with van der Waals surface area (Å²) in [4.78, 5) is 17.3. The van der Waals surface area contributed by atoms with E-state index in [9.17, 15) is 4.39 Å². The van der Waals surface area contributed by atoms with Crippen LogP contribution in [0.25, 0.3) is 22.3 Å².